The lowest BCUT2D eigenvalue weighted by atomic mass is 9.79. The summed E-state index contributed by atoms with van der Waals surface area (Å²) < 4.78 is 8.67. The van der Waals surface area contributed by atoms with Gasteiger partial charge in [0.2, 0.25) is 0 Å². The molecule has 0 amide bonds. The van der Waals surface area contributed by atoms with Crippen molar-refractivity contribution < 1.29 is 4.42 Å². The number of fused-ring (bicyclic) bond motifs is 4. The van der Waals surface area contributed by atoms with E-state index >= 15 is 0 Å². The van der Waals surface area contributed by atoms with E-state index in [-0.39, 0.29) is 5.54 Å². The molecular formula is C23H30N2O. The molecule has 1 aliphatic heterocycles. The maximum Gasteiger partial charge on any atom is 0.152 e. The third-order valence-electron chi connectivity index (χ3n) is 6.15. The van der Waals surface area contributed by atoms with E-state index in [9.17, 15) is 0 Å². The molecule has 1 fully saturated rings. The Hall–Kier alpha value is -2.16. The molecule has 1 aromatic carbocycles. The minimum Gasteiger partial charge on any atom is -0.457 e. The summed E-state index contributed by atoms with van der Waals surface area (Å²) in [6.07, 6.45) is 8.44. The van der Waals surface area contributed by atoms with Gasteiger partial charge in [-0.3, -0.25) is 0 Å². The molecule has 1 aliphatic carbocycles. The summed E-state index contributed by atoms with van der Waals surface area (Å²) in [5, 5.41) is 0. The van der Waals surface area contributed by atoms with E-state index in [2.05, 4.69) is 60.0 Å². The average molecular weight is 351 g/mol. The molecule has 3 aromatic rings. The summed E-state index contributed by atoms with van der Waals surface area (Å²) in [7, 11) is 2.13. The largest absolute Gasteiger partial charge is 0.457 e. The molecule has 2 aliphatic rings. The van der Waals surface area contributed by atoms with Crippen LogP contribution in [0.4, 0.5) is 5.69 Å². The molecule has 3 nitrogen and oxygen atoms in total. The van der Waals surface area contributed by atoms with Gasteiger partial charge in [0, 0.05) is 31.0 Å². The van der Waals surface area contributed by atoms with Gasteiger partial charge >= 0.3 is 0 Å². The number of para-hydroxylation sites is 1. The lowest BCUT2D eigenvalue weighted by molar-refractivity contribution is 0.254. The molecule has 0 N–H and O–H groups in total. The third-order valence-corrected chi connectivity index (χ3v) is 6.15. The first-order valence-electron chi connectivity index (χ1n) is 10.1. The van der Waals surface area contributed by atoms with Gasteiger partial charge in [-0.15, -0.1) is 0 Å². The summed E-state index contributed by atoms with van der Waals surface area (Å²) in [6, 6.07) is 10.9. The second kappa shape index (κ2) is 6.53. The van der Waals surface area contributed by atoms with Crippen molar-refractivity contribution >= 4 is 16.8 Å². The van der Waals surface area contributed by atoms with Gasteiger partial charge in [0.05, 0.1) is 11.1 Å². The zero-order valence-electron chi connectivity index (χ0n) is 16.5. The number of furan rings is 1. The van der Waals surface area contributed by atoms with Crippen LogP contribution < -0.4 is 4.90 Å². The highest BCUT2D eigenvalue weighted by molar-refractivity contribution is 5.82. The highest BCUT2D eigenvalue weighted by atomic mass is 16.3. The van der Waals surface area contributed by atoms with Gasteiger partial charge < -0.3 is 13.9 Å². The van der Waals surface area contributed by atoms with Crippen LogP contribution >= 0.6 is 0 Å². The molecular weight excluding hydrogens is 320 g/mol. The Morgan fingerprint density at radius 1 is 1.00 bits per heavy atom. The highest BCUT2D eigenvalue weighted by Gasteiger charge is 2.50. The smallest absolute Gasteiger partial charge is 0.152 e. The second-order valence-corrected chi connectivity index (χ2v) is 7.51. The molecule has 138 valence electrons. The predicted octanol–water partition coefficient (Wildman–Crippen LogP) is 6.29. The fraction of sp³-hybridized carbons (Fsp3) is 0.478. The van der Waals surface area contributed by atoms with Crippen LogP contribution in [0.15, 0.2) is 40.9 Å². The molecule has 3 heterocycles. The van der Waals surface area contributed by atoms with Crippen molar-refractivity contribution in [1.82, 2.24) is 4.57 Å². The number of hydrogen-bond donors (Lipinski definition) is 0. The highest BCUT2D eigenvalue weighted by Crippen LogP contribution is 2.53. The van der Waals surface area contributed by atoms with Crippen molar-refractivity contribution in [2.45, 2.75) is 65.0 Å². The molecule has 1 saturated carbocycles. The maximum absolute atomic E-state index is 6.45. The Bertz CT molecular complexity index is 912. The van der Waals surface area contributed by atoms with Gasteiger partial charge in [0.25, 0.3) is 0 Å². The lowest BCUT2D eigenvalue weighted by Gasteiger charge is -2.42. The topological polar surface area (TPSA) is 21.3 Å². The van der Waals surface area contributed by atoms with Crippen LogP contribution in [0.25, 0.3) is 11.1 Å². The van der Waals surface area contributed by atoms with Crippen LogP contribution in [0.2, 0.25) is 0 Å². The van der Waals surface area contributed by atoms with E-state index < -0.39 is 0 Å². The van der Waals surface area contributed by atoms with E-state index in [1.165, 1.54) is 60.2 Å². The normalized spacial score (nSPS) is 18.1. The van der Waals surface area contributed by atoms with Crippen molar-refractivity contribution in [3.05, 3.63) is 53.4 Å². The van der Waals surface area contributed by atoms with E-state index in [4.69, 9.17) is 4.42 Å². The molecule has 3 heteroatoms. The minimum atomic E-state index is 0.0543. The van der Waals surface area contributed by atoms with Gasteiger partial charge in [0.15, 0.2) is 5.58 Å². The van der Waals surface area contributed by atoms with Gasteiger partial charge in [-0.2, -0.15) is 0 Å². The number of hydrogen-bond acceptors (Lipinski definition) is 2. The second-order valence-electron chi connectivity index (χ2n) is 7.51. The summed E-state index contributed by atoms with van der Waals surface area (Å²) in [4.78, 5) is 2.64. The molecule has 0 atom stereocenters. The molecule has 0 bridgehead atoms. The number of nitrogens with zero attached hydrogens (tertiary/aromatic N) is 2. The molecule has 2 aromatic heterocycles. The SMILES string of the molecule is CC.Cc1ccccc1N1Cc2c(oc3ccn(C)c23)C12CCCCC2. The Kier molecular flexibility index (Phi) is 4.34. The molecule has 0 radical (unpaired) electrons. The Balaban J connectivity index is 0.000000814. The Morgan fingerprint density at radius 2 is 1.73 bits per heavy atom. The summed E-state index contributed by atoms with van der Waals surface area (Å²) in [6.45, 7) is 7.19. The quantitative estimate of drug-likeness (QED) is 0.514. The first kappa shape index (κ1) is 17.3. The maximum atomic E-state index is 6.45. The molecule has 1 spiro atoms. The van der Waals surface area contributed by atoms with Gasteiger partial charge in [-0.25, -0.2) is 0 Å². The van der Waals surface area contributed by atoms with E-state index in [0.717, 1.165) is 12.1 Å². The van der Waals surface area contributed by atoms with E-state index in [0.29, 0.717) is 0 Å². The lowest BCUT2D eigenvalue weighted by Crippen LogP contribution is -2.43. The number of aryl methyl sites for hydroxylation is 2. The summed E-state index contributed by atoms with van der Waals surface area (Å²) >= 11 is 0. The molecule has 5 rings (SSSR count). The van der Waals surface area contributed by atoms with Gasteiger partial charge in [-0.1, -0.05) is 51.3 Å². The fourth-order valence-corrected chi connectivity index (χ4v) is 5.00. The minimum absolute atomic E-state index is 0.0543. The Labute approximate surface area is 156 Å². The summed E-state index contributed by atoms with van der Waals surface area (Å²) in [5.41, 5.74) is 6.52. The number of benzene rings is 1. The predicted molar refractivity (Wildman–Crippen MR) is 109 cm³/mol. The van der Waals surface area contributed by atoms with Crippen LogP contribution in [0, 0.1) is 6.92 Å². The van der Waals surface area contributed by atoms with Gasteiger partial charge in [0.1, 0.15) is 5.76 Å². The molecule has 0 unspecified atom stereocenters. The van der Waals surface area contributed by atoms with Crippen LogP contribution in [-0.2, 0) is 19.1 Å². The van der Waals surface area contributed by atoms with Gasteiger partial charge in [-0.05, 0) is 37.5 Å². The van der Waals surface area contributed by atoms with Crippen LogP contribution in [-0.4, -0.2) is 4.57 Å². The fourth-order valence-electron chi connectivity index (χ4n) is 5.00. The van der Waals surface area contributed by atoms with E-state index in [1.54, 1.807) is 0 Å². The molecule has 0 saturated heterocycles. The molecule has 26 heavy (non-hydrogen) atoms. The number of anilines is 1. The van der Waals surface area contributed by atoms with Crippen molar-refractivity contribution in [3.8, 4) is 0 Å². The monoisotopic (exact) mass is 350 g/mol. The summed E-state index contributed by atoms with van der Waals surface area (Å²) in [5.74, 6) is 1.24. The zero-order valence-corrected chi connectivity index (χ0v) is 16.5. The average Bonchev–Trinajstić information content (AvgIpc) is 3.30. The number of rotatable bonds is 1. The zero-order chi connectivity index (χ0) is 18.3. The number of aromatic nitrogens is 1. The first-order valence-corrected chi connectivity index (χ1v) is 10.1. The van der Waals surface area contributed by atoms with Crippen LogP contribution in [0.3, 0.4) is 0 Å². The van der Waals surface area contributed by atoms with Crippen LogP contribution in [0.1, 0.15) is 62.8 Å². The van der Waals surface area contributed by atoms with Crippen molar-refractivity contribution in [2.24, 2.45) is 7.05 Å². The standard InChI is InChI=1S/C21H24N2O.C2H6/c1-15-8-4-5-9-17(15)23-14-16-19-18(10-13-22(19)2)24-20(16)21(23)11-6-3-7-12-21;1-2/h4-5,8-10,13H,3,6-7,11-12,14H2,1-2H3;1-2H3. The van der Waals surface area contributed by atoms with E-state index in [1.807, 2.05) is 13.8 Å². The van der Waals surface area contributed by atoms with Crippen molar-refractivity contribution in [2.75, 3.05) is 4.90 Å². The van der Waals surface area contributed by atoms with Crippen LogP contribution in [0.5, 0.6) is 0 Å². The third kappa shape index (κ3) is 2.33. The van der Waals surface area contributed by atoms with Crippen molar-refractivity contribution in [3.63, 3.8) is 0 Å². The van der Waals surface area contributed by atoms with Crippen molar-refractivity contribution in [1.29, 1.82) is 0 Å². The first-order chi connectivity index (χ1) is 12.7. The Morgan fingerprint density at radius 3 is 2.46 bits per heavy atom.